The summed E-state index contributed by atoms with van der Waals surface area (Å²) in [5, 5.41) is 9.61. The number of aliphatic hydroxyl groups is 1. The lowest BCUT2D eigenvalue weighted by atomic mass is 10.1. The van der Waals surface area contributed by atoms with E-state index in [2.05, 4.69) is 0 Å². The number of ether oxygens (including phenoxy) is 1. The first-order valence-electron chi connectivity index (χ1n) is 5.48. The van der Waals surface area contributed by atoms with Gasteiger partial charge in [-0.1, -0.05) is 13.0 Å². The largest absolute Gasteiger partial charge is 0.419 e. The molecule has 0 bridgehead atoms. The topological polar surface area (TPSA) is 29.5 Å². The minimum Gasteiger partial charge on any atom is -0.386 e. The van der Waals surface area contributed by atoms with Crippen molar-refractivity contribution in [2.24, 2.45) is 0 Å². The summed E-state index contributed by atoms with van der Waals surface area (Å²) in [5.74, 6) is -1.35. The number of hydrogen-bond acceptors (Lipinski definition) is 2. The first-order valence-corrected chi connectivity index (χ1v) is 5.48. The zero-order chi connectivity index (χ0) is 13.8. The third-order valence-corrected chi connectivity index (χ3v) is 2.30. The van der Waals surface area contributed by atoms with Crippen molar-refractivity contribution in [3.8, 4) is 0 Å². The first-order chi connectivity index (χ1) is 8.36. The number of hydrogen-bond donors (Lipinski definition) is 1. The second-order valence-corrected chi connectivity index (χ2v) is 3.83. The molecule has 0 heterocycles. The third-order valence-electron chi connectivity index (χ3n) is 2.30. The molecule has 6 heteroatoms. The van der Waals surface area contributed by atoms with Crippen molar-refractivity contribution in [3.05, 3.63) is 35.1 Å². The van der Waals surface area contributed by atoms with E-state index in [-0.39, 0.29) is 12.2 Å². The van der Waals surface area contributed by atoms with E-state index in [1.165, 1.54) is 0 Å². The van der Waals surface area contributed by atoms with Crippen LogP contribution >= 0.6 is 0 Å². The maximum absolute atomic E-state index is 13.0. The molecule has 0 radical (unpaired) electrons. The molecule has 0 aromatic heterocycles. The summed E-state index contributed by atoms with van der Waals surface area (Å²) < 4.78 is 55.4. The summed E-state index contributed by atoms with van der Waals surface area (Å²) in [4.78, 5) is 0. The molecule has 0 aliphatic rings. The average molecular weight is 266 g/mol. The highest BCUT2D eigenvalue weighted by atomic mass is 19.4. The van der Waals surface area contributed by atoms with E-state index in [0.29, 0.717) is 18.7 Å². The summed E-state index contributed by atoms with van der Waals surface area (Å²) in [6, 6.07) is 2.42. The Morgan fingerprint density at radius 2 is 2.00 bits per heavy atom. The van der Waals surface area contributed by atoms with Crippen molar-refractivity contribution in [1.82, 2.24) is 0 Å². The van der Waals surface area contributed by atoms with Gasteiger partial charge in [-0.3, -0.25) is 0 Å². The number of benzene rings is 1. The zero-order valence-corrected chi connectivity index (χ0v) is 9.80. The molecule has 1 N–H and O–H groups in total. The highest BCUT2D eigenvalue weighted by Crippen LogP contribution is 2.33. The van der Waals surface area contributed by atoms with E-state index in [4.69, 9.17) is 4.74 Å². The van der Waals surface area contributed by atoms with Crippen LogP contribution in [0.4, 0.5) is 17.6 Å². The monoisotopic (exact) mass is 266 g/mol. The number of halogens is 4. The summed E-state index contributed by atoms with van der Waals surface area (Å²) in [5.41, 5.74) is -1.39. The van der Waals surface area contributed by atoms with Crippen LogP contribution in [0.1, 0.15) is 30.6 Å². The maximum atomic E-state index is 13.0. The van der Waals surface area contributed by atoms with Crippen molar-refractivity contribution in [2.75, 3.05) is 13.2 Å². The molecule has 0 amide bonds. The molecular weight excluding hydrogens is 252 g/mol. The quantitative estimate of drug-likeness (QED) is 0.654. The second kappa shape index (κ2) is 6.15. The Kier molecular flexibility index (Phi) is 5.10. The Bertz CT molecular complexity index is 390. The Balaban J connectivity index is 2.84. The second-order valence-electron chi connectivity index (χ2n) is 3.83. The first kappa shape index (κ1) is 14.9. The molecule has 1 aromatic carbocycles. The molecule has 1 aromatic rings. The Labute approximate surface area is 102 Å². The van der Waals surface area contributed by atoms with E-state index in [1.54, 1.807) is 0 Å². The molecule has 0 aliphatic heterocycles. The van der Waals surface area contributed by atoms with Gasteiger partial charge in [0.05, 0.1) is 12.2 Å². The lowest BCUT2D eigenvalue weighted by molar-refractivity contribution is -0.140. The molecule has 1 atom stereocenters. The lowest BCUT2D eigenvalue weighted by Crippen LogP contribution is -2.12. The van der Waals surface area contributed by atoms with Gasteiger partial charge >= 0.3 is 6.18 Å². The van der Waals surface area contributed by atoms with Gasteiger partial charge in [0.2, 0.25) is 0 Å². The standard InChI is InChI=1S/C12H14F4O2/c1-2-5-18-7-11(17)8-3-4-10(13)9(6-8)12(14,15)16/h3-4,6,11,17H,2,5,7H2,1H3. The molecular formula is C12H14F4O2. The number of rotatable bonds is 5. The van der Waals surface area contributed by atoms with Gasteiger partial charge in [-0.05, 0) is 24.1 Å². The fourth-order valence-corrected chi connectivity index (χ4v) is 1.40. The smallest absolute Gasteiger partial charge is 0.386 e. The molecule has 0 fully saturated rings. The minimum atomic E-state index is -4.77. The van der Waals surface area contributed by atoms with E-state index in [1.807, 2.05) is 6.92 Å². The van der Waals surface area contributed by atoms with Gasteiger partial charge in [0, 0.05) is 6.61 Å². The van der Waals surface area contributed by atoms with Crippen LogP contribution < -0.4 is 0 Å². The summed E-state index contributed by atoms with van der Waals surface area (Å²) in [6.07, 6.45) is -5.23. The zero-order valence-electron chi connectivity index (χ0n) is 9.80. The van der Waals surface area contributed by atoms with Gasteiger partial charge < -0.3 is 9.84 Å². The number of alkyl halides is 3. The van der Waals surface area contributed by atoms with E-state index >= 15 is 0 Å². The molecule has 2 nitrogen and oxygen atoms in total. The van der Waals surface area contributed by atoms with Gasteiger partial charge in [0.25, 0.3) is 0 Å². The molecule has 0 spiro atoms. The molecule has 18 heavy (non-hydrogen) atoms. The lowest BCUT2D eigenvalue weighted by Gasteiger charge is -2.14. The maximum Gasteiger partial charge on any atom is 0.419 e. The van der Waals surface area contributed by atoms with Crippen LogP contribution in [-0.2, 0) is 10.9 Å². The molecule has 102 valence electrons. The predicted molar refractivity (Wildman–Crippen MR) is 57.5 cm³/mol. The van der Waals surface area contributed by atoms with Gasteiger partial charge in [-0.25, -0.2) is 4.39 Å². The van der Waals surface area contributed by atoms with Crippen LogP contribution in [0.2, 0.25) is 0 Å². The fraction of sp³-hybridized carbons (Fsp3) is 0.500. The summed E-state index contributed by atoms with van der Waals surface area (Å²) in [7, 11) is 0. The van der Waals surface area contributed by atoms with E-state index in [9.17, 15) is 22.7 Å². The Morgan fingerprint density at radius 1 is 1.33 bits per heavy atom. The van der Waals surface area contributed by atoms with Gasteiger partial charge in [-0.15, -0.1) is 0 Å². The normalized spacial score (nSPS) is 13.7. The Hall–Kier alpha value is -1.14. The molecule has 1 unspecified atom stereocenters. The van der Waals surface area contributed by atoms with Crippen LogP contribution in [0.5, 0.6) is 0 Å². The van der Waals surface area contributed by atoms with Crippen LogP contribution in [0.15, 0.2) is 18.2 Å². The predicted octanol–water partition coefficient (Wildman–Crippen LogP) is 3.30. The van der Waals surface area contributed by atoms with Crippen molar-refractivity contribution in [3.63, 3.8) is 0 Å². The van der Waals surface area contributed by atoms with Crippen molar-refractivity contribution in [1.29, 1.82) is 0 Å². The average Bonchev–Trinajstić information content (AvgIpc) is 2.28. The van der Waals surface area contributed by atoms with Gasteiger partial charge in [0.15, 0.2) is 0 Å². The Morgan fingerprint density at radius 3 is 2.56 bits per heavy atom. The molecule has 0 saturated heterocycles. The van der Waals surface area contributed by atoms with Crippen LogP contribution in [0, 0.1) is 5.82 Å². The van der Waals surface area contributed by atoms with Gasteiger partial charge in [0.1, 0.15) is 11.9 Å². The highest BCUT2D eigenvalue weighted by Gasteiger charge is 2.34. The van der Waals surface area contributed by atoms with Crippen molar-refractivity contribution < 1.29 is 27.4 Å². The third kappa shape index (κ3) is 3.96. The summed E-state index contributed by atoms with van der Waals surface area (Å²) in [6.45, 7) is 2.16. The van der Waals surface area contributed by atoms with E-state index in [0.717, 1.165) is 12.5 Å². The molecule has 0 aliphatic carbocycles. The minimum absolute atomic E-state index is 0.0140. The van der Waals surface area contributed by atoms with Crippen LogP contribution in [-0.4, -0.2) is 18.3 Å². The molecule has 1 rings (SSSR count). The fourth-order valence-electron chi connectivity index (χ4n) is 1.40. The number of aliphatic hydroxyl groups excluding tert-OH is 1. The molecule has 0 saturated carbocycles. The highest BCUT2D eigenvalue weighted by molar-refractivity contribution is 5.28. The summed E-state index contributed by atoms with van der Waals surface area (Å²) >= 11 is 0. The van der Waals surface area contributed by atoms with Crippen LogP contribution in [0.3, 0.4) is 0 Å². The SMILES string of the molecule is CCCOCC(O)c1ccc(F)c(C(F)(F)F)c1. The van der Waals surface area contributed by atoms with E-state index < -0.39 is 23.7 Å². The van der Waals surface area contributed by atoms with Crippen molar-refractivity contribution in [2.45, 2.75) is 25.6 Å². The van der Waals surface area contributed by atoms with Gasteiger partial charge in [-0.2, -0.15) is 13.2 Å². The van der Waals surface area contributed by atoms with Crippen LogP contribution in [0.25, 0.3) is 0 Å². The van der Waals surface area contributed by atoms with Crippen molar-refractivity contribution >= 4 is 0 Å².